The van der Waals surface area contributed by atoms with Gasteiger partial charge in [0.25, 0.3) is 0 Å². The molecule has 1 N–H and O–H groups in total. The van der Waals surface area contributed by atoms with Gasteiger partial charge in [0.15, 0.2) is 0 Å². The molecule has 1 rings (SSSR count). The molecule has 1 fully saturated rings. The van der Waals surface area contributed by atoms with Crippen LogP contribution in [-0.4, -0.2) is 25.2 Å². The van der Waals surface area contributed by atoms with E-state index < -0.39 is 0 Å². The van der Waals surface area contributed by atoms with E-state index in [4.69, 9.17) is 4.74 Å². The largest absolute Gasteiger partial charge is 0.465 e. The summed E-state index contributed by atoms with van der Waals surface area (Å²) >= 11 is 0. The highest BCUT2D eigenvalue weighted by molar-refractivity contribution is 5.75. The van der Waals surface area contributed by atoms with E-state index in [9.17, 15) is 4.79 Å². The highest BCUT2D eigenvalue weighted by atomic mass is 16.5. The molecule has 0 aromatic rings. The van der Waals surface area contributed by atoms with Crippen molar-refractivity contribution in [2.45, 2.75) is 52.5 Å². The summed E-state index contributed by atoms with van der Waals surface area (Å²) in [6.45, 7) is 7.98. The van der Waals surface area contributed by atoms with Crippen LogP contribution in [0.3, 0.4) is 0 Å². The van der Waals surface area contributed by atoms with Crippen molar-refractivity contribution in [3.8, 4) is 0 Å². The van der Waals surface area contributed by atoms with Crippen LogP contribution in [0.2, 0.25) is 0 Å². The van der Waals surface area contributed by atoms with Gasteiger partial charge in [0, 0.05) is 0 Å². The Morgan fingerprint density at radius 1 is 1.50 bits per heavy atom. The van der Waals surface area contributed by atoms with Gasteiger partial charge in [-0.1, -0.05) is 27.2 Å². The molecule has 0 bridgehead atoms. The van der Waals surface area contributed by atoms with E-state index in [1.165, 1.54) is 6.42 Å². The minimum absolute atomic E-state index is 0.0567. The molecule has 0 amide bonds. The Morgan fingerprint density at radius 3 is 2.88 bits per heavy atom. The lowest BCUT2D eigenvalue weighted by Crippen LogP contribution is -2.44. The molecule has 2 unspecified atom stereocenters. The fraction of sp³-hybridized carbons (Fsp3) is 0.923. The monoisotopic (exact) mass is 227 g/mol. The second-order valence-electron chi connectivity index (χ2n) is 5.16. The van der Waals surface area contributed by atoms with Crippen molar-refractivity contribution >= 4 is 5.97 Å². The number of carbonyl (C=O) groups is 1. The van der Waals surface area contributed by atoms with Crippen molar-refractivity contribution in [2.75, 3.05) is 13.2 Å². The van der Waals surface area contributed by atoms with Crippen LogP contribution in [0, 0.1) is 11.8 Å². The topological polar surface area (TPSA) is 38.3 Å². The Hall–Kier alpha value is -0.570. The number of nitrogens with one attached hydrogen (secondary N) is 1. The first-order valence-corrected chi connectivity index (χ1v) is 6.53. The van der Waals surface area contributed by atoms with Gasteiger partial charge >= 0.3 is 5.97 Å². The third-order valence-electron chi connectivity index (χ3n) is 3.31. The van der Waals surface area contributed by atoms with Crippen molar-refractivity contribution in [1.82, 2.24) is 5.32 Å². The fourth-order valence-electron chi connectivity index (χ4n) is 2.04. The van der Waals surface area contributed by atoms with Crippen LogP contribution < -0.4 is 5.32 Å². The molecule has 1 heterocycles. The summed E-state index contributed by atoms with van der Waals surface area (Å²) in [5, 5.41) is 3.25. The standard InChI is InChI=1S/C13H25NO2/c1-4-11-5-7-14-12(9-11)13(15)16-8-6-10(2)3/h10-12,14H,4-9H2,1-3H3. The van der Waals surface area contributed by atoms with Gasteiger partial charge in [0.05, 0.1) is 6.61 Å². The molecule has 0 aromatic carbocycles. The Kier molecular flexibility index (Phi) is 5.81. The molecule has 0 aliphatic carbocycles. The smallest absolute Gasteiger partial charge is 0.323 e. The molecule has 0 saturated carbocycles. The van der Waals surface area contributed by atoms with Gasteiger partial charge in [0.2, 0.25) is 0 Å². The summed E-state index contributed by atoms with van der Waals surface area (Å²) in [5.41, 5.74) is 0. The molecule has 16 heavy (non-hydrogen) atoms. The summed E-state index contributed by atoms with van der Waals surface area (Å²) in [7, 11) is 0. The number of hydrogen-bond donors (Lipinski definition) is 1. The van der Waals surface area contributed by atoms with Gasteiger partial charge in [-0.05, 0) is 37.6 Å². The van der Waals surface area contributed by atoms with Crippen molar-refractivity contribution in [3.63, 3.8) is 0 Å². The summed E-state index contributed by atoms with van der Waals surface area (Å²) in [6.07, 6.45) is 4.25. The third kappa shape index (κ3) is 4.52. The number of esters is 1. The first kappa shape index (κ1) is 13.5. The molecule has 3 heteroatoms. The van der Waals surface area contributed by atoms with Crippen LogP contribution in [0.1, 0.15) is 46.5 Å². The quantitative estimate of drug-likeness (QED) is 0.733. The number of rotatable bonds is 5. The first-order valence-electron chi connectivity index (χ1n) is 6.53. The predicted molar refractivity (Wildman–Crippen MR) is 65.2 cm³/mol. The van der Waals surface area contributed by atoms with E-state index in [0.717, 1.165) is 25.8 Å². The first-order chi connectivity index (χ1) is 7.63. The fourth-order valence-corrected chi connectivity index (χ4v) is 2.04. The average molecular weight is 227 g/mol. The molecule has 1 aliphatic heterocycles. The maximum absolute atomic E-state index is 11.8. The average Bonchev–Trinajstić information content (AvgIpc) is 2.28. The van der Waals surface area contributed by atoms with Gasteiger partial charge in [-0.2, -0.15) is 0 Å². The number of ether oxygens (including phenoxy) is 1. The van der Waals surface area contributed by atoms with Crippen LogP contribution in [0.25, 0.3) is 0 Å². The van der Waals surface area contributed by atoms with E-state index in [0.29, 0.717) is 18.4 Å². The van der Waals surface area contributed by atoms with E-state index in [1.807, 2.05) is 0 Å². The van der Waals surface area contributed by atoms with Crippen LogP contribution in [-0.2, 0) is 9.53 Å². The summed E-state index contributed by atoms with van der Waals surface area (Å²) in [4.78, 5) is 11.8. The lowest BCUT2D eigenvalue weighted by Gasteiger charge is -2.28. The van der Waals surface area contributed by atoms with E-state index in [-0.39, 0.29) is 12.0 Å². The Labute approximate surface area is 98.9 Å². The zero-order valence-electron chi connectivity index (χ0n) is 10.8. The minimum atomic E-state index is -0.0640. The lowest BCUT2D eigenvalue weighted by atomic mass is 9.90. The molecule has 2 atom stereocenters. The molecule has 1 aliphatic rings. The van der Waals surface area contributed by atoms with Gasteiger partial charge in [-0.25, -0.2) is 0 Å². The normalized spacial score (nSPS) is 25.8. The Morgan fingerprint density at radius 2 is 2.25 bits per heavy atom. The molecule has 0 spiro atoms. The molecular formula is C13H25NO2. The number of carbonyl (C=O) groups excluding carboxylic acids is 1. The SMILES string of the molecule is CCC1CCNC(C(=O)OCCC(C)C)C1. The lowest BCUT2D eigenvalue weighted by molar-refractivity contribution is -0.147. The molecule has 0 radical (unpaired) electrons. The molecule has 0 aromatic heterocycles. The van der Waals surface area contributed by atoms with Crippen LogP contribution >= 0.6 is 0 Å². The van der Waals surface area contributed by atoms with Crippen LogP contribution in [0.4, 0.5) is 0 Å². The second kappa shape index (κ2) is 6.89. The Bertz CT molecular complexity index is 216. The van der Waals surface area contributed by atoms with E-state index in [1.54, 1.807) is 0 Å². The molecule has 1 saturated heterocycles. The maximum Gasteiger partial charge on any atom is 0.323 e. The number of hydrogen-bond acceptors (Lipinski definition) is 3. The van der Waals surface area contributed by atoms with Gasteiger partial charge < -0.3 is 10.1 Å². The highest BCUT2D eigenvalue weighted by Gasteiger charge is 2.26. The Balaban J connectivity index is 2.24. The van der Waals surface area contributed by atoms with E-state index >= 15 is 0 Å². The summed E-state index contributed by atoms with van der Waals surface area (Å²) in [6, 6.07) is -0.0640. The van der Waals surface area contributed by atoms with Crippen molar-refractivity contribution in [1.29, 1.82) is 0 Å². The summed E-state index contributed by atoms with van der Waals surface area (Å²) in [5.74, 6) is 1.22. The van der Waals surface area contributed by atoms with E-state index in [2.05, 4.69) is 26.1 Å². The molecule has 94 valence electrons. The van der Waals surface area contributed by atoms with Crippen molar-refractivity contribution < 1.29 is 9.53 Å². The molecular weight excluding hydrogens is 202 g/mol. The van der Waals surface area contributed by atoms with Crippen LogP contribution in [0.5, 0.6) is 0 Å². The zero-order valence-corrected chi connectivity index (χ0v) is 10.8. The minimum Gasteiger partial charge on any atom is -0.465 e. The summed E-state index contributed by atoms with van der Waals surface area (Å²) < 4.78 is 5.28. The van der Waals surface area contributed by atoms with Crippen molar-refractivity contribution in [3.05, 3.63) is 0 Å². The third-order valence-corrected chi connectivity index (χ3v) is 3.31. The van der Waals surface area contributed by atoms with Gasteiger partial charge in [-0.15, -0.1) is 0 Å². The van der Waals surface area contributed by atoms with Crippen molar-refractivity contribution in [2.24, 2.45) is 11.8 Å². The molecule has 3 nitrogen and oxygen atoms in total. The highest BCUT2D eigenvalue weighted by Crippen LogP contribution is 2.19. The van der Waals surface area contributed by atoms with Gasteiger partial charge in [-0.3, -0.25) is 4.79 Å². The second-order valence-corrected chi connectivity index (χ2v) is 5.16. The van der Waals surface area contributed by atoms with Crippen LogP contribution in [0.15, 0.2) is 0 Å². The maximum atomic E-state index is 11.8. The van der Waals surface area contributed by atoms with Gasteiger partial charge in [0.1, 0.15) is 6.04 Å². The number of piperidine rings is 1. The predicted octanol–water partition coefficient (Wildman–Crippen LogP) is 2.35. The zero-order chi connectivity index (χ0) is 12.0.